The van der Waals surface area contributed by atoms with Gasteiger partial charge < -0.3 is 11.1 Å². The fraction of sp³-hybridized carbons (Fsp3) is 0.389. The van der Waals surface area contributed by atoms with E-state index in [9.17, 15) is 4.79 Å². The maximum Gasteiger partial charge on any atom is 0.224 e. The molecule has 1 amide bonds. The first-order valence-electron chi connectivity index (χ1n) is 7.64. The molecule has 112 valence electrons. The van der Waals surface area contributed by atoms with Crippen LogP contribution in [0, 0.1) is 5.92 Å². The predicted molar refractivity (Wildman–Crippen MR) is 88.1 cm³/mol. The Morgan fingerprint density at radius 3 is 2.76 bits per heavy atom. The van der Waals surface area contributed by atoms with Crippen LogP contribution in [0.3, 0.4) is 0 Å². The summed E-state index contributed by atoms with van der Waals surface area (Å²) >= 11 is 0. The van der Waals surface area contributed by atoms with Gasteiger partial charge in [0.15, 0.2) is 0 Å². The predicted octanol–water partition coefficient (Wildman–Crippen LogP) is 2.87. The van der Waals surface area contributed by atoms with Crippen molar-refractivity contribution in [1.82, 2.24) is 5.32 Å². The molecule has 0 saturated carbocycles. The van der Waals surface area contributed by atoms with E-state index in [1.54, 1.807) is 0 Å². The zero-order valence-electron chi connectivity index (χ0n) is 12.6. The Morgan fingerprint density at radius 2 is 1.95 bits per heavy atom. The summed E-state index contributed by atoms with van der Waals surface area (Å²) < 4.78 is 0. The molecule has 0 aliphatic rings. The minimum atomic E-state index is 0.0896. The third-order valence-electron chi connectivity index (χ3n) is 3.83. The molecule has 0 bridgehead atoms. The van der Waals surface area contributed by atoms with E-state index in [0.29, 0.717) is 18.9 Å². The third kappa shape index (κ3) is 4.57. The van der Waals surface area contributed by atoms with Crippen molar-refractivity contribution in [2.45, 2.75) is 26.2 Å². The summed E-state index contributed by atoms with van der Waals surface area (Å²) in [6.07, 6.45) is 2.48. The molecule has 1 unspecified atom stereocenters. The van der Waals surface area contributed by atoms with Gasteiger partial charge in [-0.05, 0) is 41.6 Å². The minimum absolute atomic E-state index is 0.0896. The van der Waals surface area contributed by atoms with Crippen molar-refractivity contribution in [2.75, 3.05) is 13.1 Å². The summed E-state index contributed by atoms with van der Waals surface area (Å²) in [6.45, 7) is 3.58. The molecule has 0 spiro atoms. The molecule has 0 aromatic heterocycles. The van der Waals surface area contributed by atoms with Crippen LogP contribution in [0.25, 0.3) is 10.8 Å². The van der Waals surface area contributed by atoms with Crippen molar-refractivity contribution in [3.63, 3.8) is 0 Å². The molecule has 1 atom stereocenters. The fourth-order valence-electron chi connectivity index (χ4n) is 2.48. The van der Waals surface area contributed by atoms with Crippen LogP contribution in [-0.4, -0.2) is 19.0 Å². The summed E-state index contributed by atoms with van der Waals surface area (Å²) in [7, 11) is 0. The van der Waals surface area contributed by atoms with Crippen LogP contribution in [0.1, 0.15) is 25.3 Å². The van der Waals surface area contributed by atoms with Gasteiger partial charge in [-0.25, -0.2) is 0 Å². The molecular weight excluding hydrogens is 260 g/mol. The molecule has 0 saturated heterocycles. The van der Waals surface area contributed by atoms with Gasteiger partial charge in [0.2, 0.25) is 5.91 Å². The number of nitrogens with two attached hydrogens (primary N) is 1. The van der Waals surface area contributed by atoms with E-state index in [-0.39, 0.29) is 5.91 Å². The number of hydrogen-bond donors (Lipinski definition) is 2. The van der Waals surface area contributed by atoms with Crippen molar-refractivity contribution >= 4 is 16.7 Å². The fourth-order valence-corrected chi connectivity index (χ4v) is 2.48. The van der Waals surface area contributed by atoms with E-state index in [0.717, 1.165) is 30.3 Å². The van der Waals surface area contributed by atoms with Crippen LogP contribution >= 0.6 is 0 Å². The largest absolute Gasteiger partial charge is 0.356 e. The standard InChI is InChI=1S/C18H24N2O/c1-14(13-19)6-5-11-20-18(21)12-16-9-4-8-15-7-2-3-10-17(15)16/h2-4,7-10,14H,5-6,11-13,19H2,1H3,(H,20,21). The van der Waals surface area contributed by atoms with E-state index < -0.39 is 0 Å². The first-order chi connectivity index (χ1) is 10.2. The SMILES string of the molecule is CC(CN)CCCNC(=O)Cc1cccc2ccccc12. The van der Waals surface area contributed by atoms with Crippen molar-refractivity contribution in [3.8, 4) is 0 Å². The summed E-state index contributed by atoms with van der Waals surface area (Å²) in [6, 6.07) is 14.3. The second-order valence-electron chi connectivity index (χ2n) is 5.65. The molecule has 2 aromatic rings. The van der Waals surface area contributed by atoms with Crippen molar-refractivity contribution < 1.29 is 4.79 Å². The third-order valence-corrected chi connectivity index (χ3v) is 3.83. The van der Waals surface area contributed by atoms with Gasteiger partial charge in [-0.2, -0.15) is 0 Å². The highest BCUT2D eigenvalue weighted by molar-refractivity contribution is 5.90. The van der Waals surface area contributed by atoms with E-state index in [1.165, 1.54) is 5.39 Å². The Kier molecular flexibility index (Phi) is 5.76. The van der Waals surface area contributed by atoms with Crippen LogP contribution in [0.4, 0.5) is 0 Å². The normalized spacial score (nSPS) is 12.3. The molecule has 3 heteroatoms. The van der Waals surface area contributed by atoms with E-state index in [4.69, 9.17) is 5.73 Å². The van der Waals surface area contributed by atoms with Gasteiger partial charge in [-0.15, -0.1) is 0 Å². The van der Waals surface area contributed by atoms with Gasteiger partial charge in [0.25, 0.3) is 0 Å². The number of benzene rings is 2. The van der Waals surface area contributed by atoms with Crippen molar-refractivity contribution in [1.29, 1.82) is 0 Å². The summed E-state index contributed by atoms with van der Waals surface area (Å²) in [5, 5.41) is 5.33. The average molecular weight is 284 g/mol. The second-order valence-corrected chi connectivity index (χ2v) is 5.65. The van der Waals surface area contributed by atoms with Crippen LogP contribution in [-0.2, 0) is 11.2 Å². The molecule has 0 aliphatic carbocycles. The molecule has 0 fully saturated rings. The average Bonchev–Trinajstić information content (AvgIpc) is 2.51. The topological polar surface area (TPSA) is 55.1 Å². The smallest absolute Gasteiger partial charge is 0.224 e. The lowest BCUT2D eigenvalue weighted by atomic mass is 10.0. The number of fused-ring (bicyclic) bond motifs is 1. The lowest BCUT2D eigenvalue weighted by Gasteiger charge is -2.10. The first-order valence-corrected chi connectivity index (χ1v) is 7.64. The Bertz CT molecular complexity index is 589. The van der Waals surface area contributed by atoms with Crippen molar-refractivity contribution in [3.05, 3.63) is 48.0 Å². The van der Waals surface area contributed by atoms with Gasteiger partial charge in [-0.3, -0.25) is 4.79 Å². The molecule has 2 rings (SSSR count). The first kappa shape index (κ1) is 15.5. The van der Waals surface area contributed by atoms with E-state index in [1.807, 2.05) is 24.3 Å². The number of hydrogen-bond acceptors (Lipinski definition) is 2. The number of carbonyl (C=O) groups excluding carboxylic acids is 1. The number of rotatable bonds is 7. The zero-order chi connectivity index (χ0) is 15.1. The maximum absolute atomic E-state index is 12.0. The van der Waals surface area contributed by atoms with Gasteiger partial charge >= 0.3 is 0 Å². The molecule has 0 radical (unpaired) electrons. The lowest BCUT2D eigenvalue weighted by molar-refractivity contribution is -0.120. The lowest BCUT2D eigenvalue weighted by Crippen LogP contribution is -2.26. The highest BCUT2D eigenvalue weighted by Crippen LogP contribution is 2.18. The quantitative estimate of drug-likeness (QED) is 0.768. The summed E-state index contributed by atoms with van der Waals surface area (Å²) in [5.41, 5.74) is 6.67. The Labute approximate surface area is 126 Å². The van der Waals surface area contributed by atoms with Crippen LogP contribution in [0.15, 0.2) is 42.5 Å². The maximum atomic E-state index is 12.0. The van der Waals surface area contributed by atoms with Crippen molar-refractivity contribution in [2.24, 2.45) is 11.7 Å². The Hall–Kier alpha value is -1.87. The van der Waals surface area contributed by atoms with Crippen LogP contribution in [0.2, 0.25) is 0 Å². The van der Waals surface area contributed by atoms with Gasteiger partial charge in [0, 0.05) is 6.54 Å². The number of carbonyl (C=O) groups is 1. The monoisotopic (exact) mass is 284 g/mol. The van der Waals surface area contributed by atoms with Gasteiger partial charge in [0.05, 0.1) is 6.42 Å². The van der Waals surface area contributed by atoms with E-state index in [2.05, 4.69) is 30.4 Å². The molecule has 21 heavy (non-hydrogen) atoms. The van der Waals surface area contributed by atoms with E-state index >= 15 is 0 Å². The number of amides is 1. The second kappa shape index (κ2) is 7.79. The van der Waals surface area contributed by atoms with Gasteiger partial charge in [-0.1, -0.05) is 49.4 Å². The highest BCUT2D eigenvalue weighted by Gasteiger charge is 2.06. The van der Waals surface area contributed by atoms with Crippen LogP contribution < -0.4 is 11.1 Å². The molecule has 3 nitrogen and oxygen atoms in total. The number of nitrogens with one attached hydrogen (secondary N) is 1. The molecular formula is C18H24N2O. The summed E-state index contributed by atoms with van der Waals surface area (Å²) in [5.74, 6) is 0.617. The summed E-state index contributed by atoms with van der Waals surface area (Å²) in [4.78, 5) is 12.0. The zero-order valence-corrected chi connectivity index (χ0v) is 12.6. The Balaban J connectivity index is 1.87. The minimum Gasteiger partial charge on any atom is -0.356 e. The highest BCUT2D eigenvalue weighted by atomic mass is 16.1. The molecule has 0 aliphatic heterocycles. The molecule has 3 N–H and O–H groups in total. The van der Waals surface area contributed by atoms with Gasteiger partial charge in [0.1, 0.15) is 0 Å². The molecule has 0 heterocycles. The van der Waals surface area contributed by atoms with Crippen LogP contribution in [0.5, 0.6) is 0 Å². The molecule has 2 aromatic carbocycles. The Morgan fingerprint density at radius 1 is 1.19 bits per heavy atom.